The summed E-state index contributed by atoms with van der Waals surface area (Å²) < 4.78 is 54.3. The van der Waals surface area contributed by atoms with Crippen LogP contribution in [0.25, 0.3) is 0 Å². The minimum Gasteiger partial charge on any atom is -0.768 e. The molecule has 1 unspecified atom stereocenters. The van der Waals surface area contributed by atoms with E-state index in [0.29, 0.717) is 0 Å². The Morgan fingerprint density at radius 2 is 2.00 bits per heavy atom. The van der Waals surface area contributed by atoms with E-state index in [-0.39, 0.29) is 40.2 Å². The van der Waals surface area contributed by atoms with Gasteiger partial charge in [-0.25, -0.2) is 0 Å². The number of ether oxygens (including phenoxy) is 2. The summed E-state index contributed by atoms with van der Waals surface area (Å²) in [4.78, 5) is -0.348. The van der Waals surface area contributed by atoms with Gasteiger partial charge in [0, 0.05) is 0 Å². The van der Waals surface area contributed by atoms with Gasteiger partial charge in [0.1, 0.15) is 0 Å². The summed E-state index contributed by atoms with van der Waals surface area (Å²) in [6.07, 6.45) is -3.79. The van der Waals surface area contributed by atoms with E-state index in [1.807, 2.05) is 0 Å². The number of halogens is 2. The van der Waals surface area contributed by atoms with E-state index in [1.165, 1.54) is 12.1 Å². The van der Waals surface area contributed by atoms with Gasteiger partial charge >= 0.3 is 35.9 Å². The zero-order chi connectivity index (χ0) is 10.3. The summed E-state index contributed by atoms with van der Waals surface area (Å²) in [5.74, 6) is -0.734. The first kappa shape index (κ1) is 12.9. The molecule has 0 N–H and O–H groups in total. The Bertz CT molecular complexity index is 412. The molecule has 1 aromatic rings. The van der Waals surface area contributed by atoms with Crippen molar-refractivity contribution in [3.63, 3.8) is 0 Å². The average molecular weight is 244 g/mol. The molecule has 1 atom stereocenters. The third-order valence-corrected chi connectivity index (χ3v) is 2.25. The van der Waals surface area contributed by atoms with Crippen LogP contribution in [-0.4, -0.2) is 15.1 Å². The molecule has 8 heteroatoms. The number of hydrogen-bond donors (Lipinski definition) is 0. The number of rotatable bonds is 1. The van der Waals surface area contributed by atoms with Crippen molar-refractivity contribution in [2.24, 2.45) is 0 Å². The van der Waals surface area contributed by atoms with Crippen LogP contribution in [0.15, 0.2) is 23.1 Å². The zero-order valence-electron chi connectivity index (χ0n) is 7.53. The largest absolute Gasteiger partial charge is 1.00 e. The molecule has 15 heavy (non-hydrogen) atoms. The minimum absolute atomic E-state index is 0. The van der Waals surface area contributed by atoms with Crippen molar-refractivity contribution >= 4 is 11.1 Å². The van der Waals surface area contributed by atoms with E-state index >= 15 is 0 Å². The van der Waals surface area contributed by atoms with Crippen LogP contribution in [0.1, 0.15) is 0 Å². The molecule has 0 fully saturated rings. The van der Waals surface area contributed by atoms with Crippen molar-refractivity contribution in [2.75, 3.05) is 0 Å². The number of alkyl halides is 2. The van der Waals surface area contributed by atoms with Gasteiger partial charge < -0.3 is 14.0 Å². The quantitative estimate of drug-likeness (QED) is 0.434. The van der Waals surface area contributed by atoms with Gasteiger partial charge in [-0.3, -0.25) is 4.21 Å². The van der Waals surface area contributed by atoms with E-state index in [9.17, 15) is 17.5 Å². The summed E-state index contributed by atoms with van der Waals surface area (Å²) in [6.45, 7) is 0. The second kappa shape index (κ2) is 4.34. The predicted octanol–water partition coefficient (Wildman–Crippen LogP) is -1.75. The van der Waals surface area contributed by atoms with Crippen molar-refractivity contribution in [3.8, 4) is 11.5 Å². The maximum Gasteiger partial charge on any atom is 1.00 e. The Hall–Kier alpha value is -0.210. The van der Waals surface area contributed by atoms with Crippen LogP contribution >= 0.6 is 0 Å². The molecule has 1 aliphatic heterocycles. The molecule has 0 bridgehead atoms. The molecule has 1 aromatic carbocycles. The SMILES string of the molecule is O=S([O-])c1cccc2c1OC(F)(F)O2.[Na+]. The fraction of sp³-hybridized carbons (Fsp3) is 0.143. The maximum atomic E-state index is 12.5. The first-order valence-electron chi connectivity index (χ1n) is 3.48. The molecule has 0 saturated heterocycles. The van der Waals surface area contributed by atoms with Crippen molar-refractivity contribution in [2.45, 2.75) is 11.2 Å². The molecule has 0 spiro atoms. The molecule has 4 nitrogen and oxygen atoms in total. The zero-order valence-corrected chi connectivity index (χ0v) is 10.3. The van der Waals surface area contributed by atoms with Crippen LogP contribution < -0.4 is 39.0 Å². The van der Waals surface area contributed by atoms with E-state index in [4.69, 9.17) is 0 Å². The van der Waals surface area contributed by atoms with Crippen LogP contribution in [0.4, 0.5) is 8.78 Å². The summed E-state index contributed by atoms with van der Waals surface area (Å²) in [5.41, 5.74) is 0. The van der Waals surface area contributed by atoms with E-state index in [2.05, 4.69) is 9.47 Å². The van der Waals surface area contributed by atoms with Crippen molar-refractivity contribution in [1.82, 2.24) is 0 Å². The third-order valence-electron chi connectivity index (χ3n) is 1.57. The van der Waals surface area contributed by atoms with Gasteiger partial charge in [-0.15, -0.1) is 8.78 Å². The average Bonchev–Trinajstić information content (AvgIpc) is 2.36. The molecular formula is C7H3F2NaO4S. The molecular weight excluding hydrogens is 241 g/mol. The number of hydrogen-bond acceptors (Lipinski definition) is 4. The number of para-hydroxylation sites is 1. The predicted molar refractivity (Wildman–Crippen MR) is 39.8 cm³/mol. The molecule has 0 saturated carbocycles. The first-order valence-corrected chi connectivity index (χ1v) is 4.55. The van der Waals surface area contributed by atoms with Gasteiger partial charge in [-0.2, -0.15) is 0 Å². The molecule has 0 radical (unpaired) electrons. The van der Waals surface area contributed by atoms with Crippen LogP contribution in [-0.2, 0) is 11.1 Å². The van der Waals surface area contributed by atoms with E-state index in [0.717, 1.165) is 6.07 Å². The standard InChI is InChI=1S/C7H4F2O4S.Na/c8-7(9)12-4-2-1-3-5(14(10)11)6(4)13-7;/h1-3H,(H,10,11);/q;+1/p-1. The first-order chi connectivity index (χ1) is 6.49. The molecule has 1 aliphatic rings. The fourth-order valence-corrected chi connectivity index (χ4v) is 1.56. The smallest absolute Gasteiger partial charge is 0.768 e. The van der Waals surface area contributed by atoms with Gasteiger partial charge in [0.2, 0.25) is 0 Å². The summed E-state index contributed by atoms with van der Waals surface area (Å²) in [7, 11) is 0. The summed E-state index contributed by atoms with van der Waals surface area (Å²) in [5, 5.41) is 0. The van der Waals surface area contributed by atoms with Gasteiger partial charge in [0.15, 0.2) is 11.5 Å². The second-order valence-corrected chi connectivity index (χ2v) is 3.39. The van der Waals surface area contributed by atoms with Gasteiger partial charge in [-0.1, -0.05) is 6.07 Å². The Morgan fingerprint density at radius 1 is 1.33 bits per heavy atom. The van der Waals surface area contributed by atoms with Crippen LogP contribution in [0.5, 0.6) is 11.5 Å². The van der Waals surface area contributed by atoms with E-state index in [1.54, 1.807) is 0 Å². The summed E-state index contributed by atoms with van der Waals surface area (Å²) in [6, 6.07) is 3.63. The number of fused-ring (bicyclic) bond motifs is 1. The Labute approximate surface area is 108 Å². The Balaban J connectivity index is 0.00000112. The van der Waals surface area contributed by atoms with Crippen LogP contribution in [0.3, 0.4) is 0 Å². The normalized spacial score (nSPS) is 18.1. The van der Waals surface area contributed by atoms with Crippen molar-refractivity contribution in [3.05, 3.63) is 18.2 Å². The van der Waals surface area contributed by atoms with Crippen molar-refractivity contribution in [1.29, 1.82) is 0 Å². The molecule has 76 valence electrons. The van der Waals surface area contributed by atoms with Crippen LogP contribution in [0.2, 0.25) is 0 Å². The molecule has 0 aromatic heterocycles. The monoisotopic (exact) mass is 244 g/mol. The topological polar surface area (TPSA) is 58.6 Å². The van der Waals surface area contributed by atoms with Crippen molar-refractivity contribution < 1.29 is 56.6 Å². The van der Waals surface area contributed by atoms with Gasteiger partial charge in [0.05, 0.1) is 4.90 Å². The van der Waals surface area contributed by atoms with Crippen LogP contribution in [0, 0.1) is 0 Å². The number of benzene rings is 1. The molecule has 0 aliphatic carbocycles. The Morgan fingerprint density at radius 3 is 2.60 bits per heavy atom. The molecule has 0 amide bonds. The second-order valence-electron chi connectivity index (χ2n) is 2.49. The van der Waals surface area contributed by atoms with Gasteiger partial charge in [0.25, 0.3) is 0 Å². The summed E-state index contributed by atoms with van der Waals surface area (Å²) >= 11 is -2.63. The third kappa shape index (κ3) is 2.48. The van der Waals surface area contributed by atoms with Gasteiger partial charge in [-0.05, 0) is 23.2 Å². The fourth-order valence-electron chi connectivity index (χ4n) is 1.08. The minimum atomic E-state index is -3.79. The molecule has 2 rings (SSSR count). The van der Waals surface area contributed by atoms with E-state index < -0.39 is 23.1 Å². The molecule has 1 heterocycles. The maximum absolute atomic E-state index is 12.5. The Kier molecular flexibility index (Phi) is 3.72.